The zero-order chi connectivity index (χ0) is 27.1. The van der Waals surface area contributed by atoms with Gasteiger partial charge >= 0.3 is 11.7 Å². The molecule has 2 unspecified atom stereocenters. The normalized spacial score (nSPS) is 14.0. The number of aromatic nitrogens is 1. The molecule has 7 nitrogen and oxygen atoms in total. The second kappa shape index (κ2) is 9.99. The first-order valence-corrected chi connectivity index (χ1v) is 11.6. The van der Waals surface area contributed by atoms with E-state index in [0.29, 0.717) is 22.4 Å². The molecule has 0 spiro atoms. The van der Waals surface area contributed by atoms with Gasteiger partial charge in [0.2, 0.25) is 0 Å². The van der Waals surface area contributed by atoms with Gasteiger partial charge in [-0.3, -0.25) is 4.57 Å². The molecule has 194 valence electrons. The van der Waals surface area contributed by atoms with Gasteiger partial charge in [0.15, 0.2) is 11.2 Å². The van der Waals surface area contributed by atoms with Gasteiger partial charge < -0.3 is 19.0 Å². The third-order valence-electron chi connectivity index (χ3n) is 6.65. The molecule has 0 amide bonds. The maximum atomic E-state index is 14.5. The number of methoxy groups -OCH3 is 2. The Balaban J connectivity index is 1.74. The number of hydrogen-bond donors (Lipinski definition) is 1. The number of esters is 1. The van der Waals surface area contributed by atoms with Crippen LogP contribution in [-0.4, -0.2) is 36.3 Å². The zero-order valence-corrected chi connectivity index (χ0v) is 21.2. The number of carbonyl (C=O) groups is 1. The predicted octanol–water partition coefficient (Wildman–Crippen LogP) is 5.50. The van der Waals surface area contributed by atoms with E-state index in [1.807, 2.05) is 0 Å². The van der Waals surface area contributed by atoms with Crippen LogP contribution in [0.25, 0.3) is 22.2 Å². The van der Waals surface area contributed by atoms with E-state index in [2.05, 4.69) is 0 Å². The molecule has 0 saturated carbocycles. The van der Waals surface area contributed by atoms with Crippen LogP contribution in [-0.2, 0) is 17.4 Å². The third kappa shape index (κ3) is 4.49. The first kappa shape index (κ1) is 26.4. The van der Waals surface area contributed by atoms with Gasteiger partial charge in [-0.15, -0.1) is 0 Å². The van der Waals surface area contributed by atoms with E-state index >= 15 is 0 Å². The maximum absolute atomic E-state index is 14.5. The average molecular weight is 532 g/mol. The summed E-state index contributed by atoms with van der Waals surface area (Å²) in [6.07, 6.45) is -3.17. The van der Waals surface area contributed by atoms with Crippen molar-refractivity contribution in [1.82, 2.24) is 4.57 Å². The second-order valence-corrected chi connectivity index (χ2v) is 9.01. The van der Waals surface area contributed by atoms with Crippen LogP contribution < -0.4 is 10.5 Å². The number of fused-ring (bicyclic) bond motifs is 1. The summed E-state index contributed by atoms with van der Waals surface area (Å²) in [7, 11) is 4.14. The molecule has 0 saturated heterocycles. The van der Waals surface area contributed by atoms with Crippen molar-refractivity contribution in [2.75, 3.05) is 14.2 Å². The summed E-state index contributed by atoms with van der Waals surface area (Å²) in [6.45, 7) is 1.46. The number of rotatable bonds is 7. The van der Waals surface area contributed by atoms with E-state index in [9.17, 15) is 23.5 Å². The van der Waals surface area contributed by atoms with E-state index in [1.165, 1.54) is 51.0 Å². The fourth-order valence-electron chi connectivity index (χ4n) is 4.39. The maximum Gasteiger partial charge on any atom is 0.419 e. The van der Waals surface area contributed by atoms with Crippen molar-refractivity contribution in [1.29, 1.82) is 0 Å². The van der Waals surface area contributed by atoms with Crippen molar-refractivity contribution >= 4 is 28.7 Å². The fraction of sp³-hybridized carbons (Fsp3) is 0.259. The summed E-state index contributed by atoms with van der Waals surface area (Å²) in [5.74, 6) is -2.03. The summed E-state index contributed by atoms with van der Waals surface area (Å²) in [6, 6.07) is 13.7. The first-order valence-electron chi connectivity index (χ1n) is 11.2. The molecule has 4 rings (SSSR count). The van der Waals surface area contributed by atoms with Gasteiger partial charge in [0.25, 0.3) is 6.43 Å². The quantitative estimate of drug-likeness (QED) is 0.317. The Morgan fingerprint density at radius 3 is 2.38 bits per heavy atom. The molecule has 1 heterocycles. The number of aryl methyl sites for hydroxylation is 1. The molecule has 2 atom stereocenters. The molecule has 0 aliphatic heterocycles. The summed E-state index contributed by atoms with van der Waals surface area (Å²) in [4.78, 5) is 23.8. The average Bonchev–Trinajstić information content (AvgIpc) is 3.19. The molecule has 0 bridgehead atoms. The second-order valence-electron chi connectivity index (χ2n) is 8.60. The molecule has 1 N–H and O–H groups in total. The van der Waals surface area contributed by atoms with E-state index in [-0.39, 0.29) is 27.2 Å². The summed E-state index contributed by atoms with van der Waals surface area (Å²) < 4.78 is 45.2. The summed E-state index contributed by atoms with van der Waals surface area (Å²) in [5.41, 5.74) is -0.338. The van der Waals surface area contributed by atoms with Gasteiger partial charge in [-0.2, -0.15) is 0 Å². The van der Waals surface area contributed by atoms with Crippen LogP contribution >= 0.6 is 11.6 Å². The lowest BCUT2D eigenvalue weighted by Gasteiger charge is -2.34. The molecular weight excluding hydrogens is 508 g/mol. The molecule has 0 aliphatic carbocycles. The van der Waals surface area contributed by atoms with Gasteiger partial charge in [0.1, 0.15) is 11.3 Å². The number of halogens is 3. The van der Waals surface area contributed by atoms with Crippen LogP contribution in [0.1, 0.15) is 34.3 Å². The van der Waals surface area contributed by atoms with Crippen molar-refractivity contribution < 1.29 is 32.6 Å². The number of carbonyl (C=O) groups excluding carboxylic acids is 1. The van der Waals surface area contributed by atoms with Gasteiger partial charge in [-0.1, -0.05) is 42.8 Å². The van der Waals surface area contributed by atoms with Crippen molar-refractivity contribution in [3.05, 3.63) is 86.9 Å². The largest absolute Gasteiger partial charge is 0.496 e. The third-order valence-corrected chi connectivity index (χ3v) is 6.98. The van der Waals surface area contributed by atoms with Crippen molar-refractivity contribution in [3.63, 3.8) is 0 Å². The monoisotopic (exact) mass is 531 g/mol. The summed E-state index contributed by atoms with van der Waals surface area (Å²) in [5, 5.41) is 11.5. The summed E-state index contributed by atoms with van der Waals surface area (Å²) >= 11 is 6.55. The highest BCUT2D eigenvalue weighted by Gasteiger charge is 2.46. The van der Waals surface area contributed by atoms with Gasteiger partial charge in [0, 0.05) is 18.0 Å². The Labute approximate surface area is 215 Å². The molecule has 3 aromatic carbocycles. The highest BCUT2D eigenvalue weighted by molar-refractivity contribution is 6.31. The molecule has 1 aromatic heterocycles. The zero-order valence-electron chi connectivity index (χ0n) is 20.4. The Bertz CT molecular complexity index is 1550. The standard InChI is InChI=1S/C27H24ClF2NO6/c1-14(27(34,25(29)30)17-7-10-22-21(13-17)31(2)26(33)37-22)18-8-5-15(11-20(18)28)16-6-9-19(24(32)36-4)23(12-16)35-3/h5-14,25,34H,1-4H3. The van der Waals surface area contributed by atoms with Gasteiger partial charge in [-0.25, -0.2) is 18.4 Å². The topological polar surface area (TPSA) is 90.9 Å². The minimum absolute atomic E-state index is 0.0813. The smallest absolute Gasteiger partial charge is 0.419 e. The van der Waals surface area contributed by atoms with Crippen LogP contribution in [0.4, 0.5) is 8.78 Å². The highest BCUT2D eigenvalue weighted by Crippen LogP contribution is 2.45. The van der Waals surface area contributed by atoms with Crippen molar-refractivity contribution in [2.24, 2.45) is 7.05 Å². The molecule has 0 aliphatic rings. The SMILES string of the molecule is COC(=O)c1ccc(-c2ccc(C(C)C(O)(c3ccc4oc(=O)n(C)c4c3)C(F)F)c(Cl)c2)cc1OC. The lowest BCUT2D eigenvalue weighted by molar-refractivity contribution is -0.116. The number of ether oxygens (including phenoxy) is 2. The van der Waals surface area contributed by atoms with Crippen LogP contribution in [0.5, 0.6) is 5.75 Å². The Hall–Kier alpha value is -3.69. The van der Waals surface area contributed by atoms with E-state index < -0.39 is 29.7 Å². The lowest BCUT2D eigenvalue weighted by Crippen LogP contribution is -2.39. The molecule has 4 aromatic rings. The number of aliphatic hydroxyl groups is 1. The lowest BCUT2D eigenvalue weighted by atomic mass is 9.78. The predicted molar refractivity (Wildman–Crippen MR) is 135 cm³/mol. The minimum atomic E-state index is -3.17. The number of nitrogens with zero attached hydrogens (tertiary/aromatic N) is 1. The first-order chi connectivity index (χ1) is 17.5. The van der Waals surface area contributed by atoms with Crippen LogP contribution in [0.2, 0.25) is 5.02 Å². The molecule has 10 heteroatoms. The number of hydrogen-bond acceptors (Lipinski definition) is 6. The molecule has 0 fully saturated rings. The number of alkyl halides is 2. The fourth-order valence-corrected chi connectivity index (χ4v) is 4.73. The Kier molecular flexibility index (Phi) is 7.12. The van der Waals surface area contributed by atoms with Crippen molar-refractivity contribution in [3.8, 4) is 16.9 Å². The van der Waals surface area contributed by atoms with E-state index in [1.54, 1.807) is 36.4 Å². The Morgan fingerprint density at radius 2 is 1.76 bits per heavy atom. The molecule has 0 radical (unpaired) electrons. The van der Waals surface area contributed by atoms with Crippen molar-refractivity contribution in [2.45, 2.75) is 24.9 Å². The van der Waals surface area contributed by atoms with E-state index in [0.717, 1.165) is 0 Å². The van der Waals surface area contributed by atoms with Gasteiger partial charge in [-0.05, 0) is 52.6 Å². The highest BCUT2D eigenvalue weighted by atomic mass is 35.5. The number of benzene rings is 3. The minimum Gasteiger partial charge on any atom is -0.496 e. The van der Waals surface area contributed by atoms with Gasteiger partial charge in [0.05, 0.1) is 19.7 Å². The van der Waals surface area contributed by atoms with Crippen LogP contribution in [0.3, 0.4) is 0 Å². The molecule has 37 heavy (non-hydrogen) atoms. The Morgan fingerprint density at radius 1 is 1.08 bits per heavy atom. The van der Waals surface area contributed by atoms with Crippen LogP contribution in [0, 0.1) is 0 Å². The number of oxazole rings is 1. The molecular formula is C27H24ClF2NO6. The van der Waals surface area contributed by atoms with Crippen LogP contribution in [0.15, 0.2) is 63.8 Å². The van der Waals surface area contributed by atoms with E-state index in [4.69, 9.17) is 25.5 Å².